The van der Waals surface area contributed by atoms with Crippen LogP contribution in [0.15, 0.2) is 48.5 Å². The number of ether oxygens (including phenoxy) is 4. The number of nitrogens with zero attached hydrogens (tertiary/aromatic N) is 1. The molecule has 0 bridgehead atoms. The Bertz CT molecular complexity index is 1020. The number of para-hydroxylation sites is 1. The molecule has 2 aromatic rings. The predicted octanol–water partition coefficient (Wildman–Crippen LogP) is 5.51. The van der Waals surface area contributed by atoms with Crippen molar-refractivity contribution in [1.82, 2.24) is 4.90 Å². The number of anilines is 2. The summed E-state index contributed by atoms with van der Waals surface area (Å²) in [5.74, 6) is -0.639. The molecule has 0 unspecified atom stereocenters. The normalized spacial score (nSPS) is 11.6. The van der Waals surface area contributed by atoms with Gasteiger partial charge in [-0.25, -0.2) is 9.59 Å². The highest BCUT2D eigenvalue weighted by Gasteiger charge is 2.30. The Morgan fingerprint density at radius 2 is 1.54 bits per heavy atom. The van der Waals surface area contributed by atoms with Crippen LogP contribution in [0.5, 0.6) is 0 Å². The molecule has 0 radical (unpaired) electrons. The number of likely N-dealkylation sites (N-methyl/N-ethyl adjacent to an activating group) is 1. The third-order valence-corrected chi connectivity index (χ3v) is 4.72. The molecule has 8 nitrogen and oxygen atoms in total. The lowest BCUT2D eigenvalue weighted by Crippen LogP contribution is -2.36. The molecule has 37 heavy (non-hydrogen) atoms. The topological polar surface area (TPSA) is 86.3 Å². The minimum Gasteiger partial charge on any atom is -0.460 e. The van der Waals surface area contributed by atoms with Crippen LogP contribution in [0.1, 0.15) is 36.7 Å². The second-order valence-electron chi connectivity index (χ2n) is 9.01. The molecular weight excluding hydrogens is 493 g/mol. The minimum absolute atomic E-state index is 0.0158. The number of amides is 1. The second kappa shape index (κ2) is 13.8. The molecule has 2 aromatic carbocycles. The fraction of sp³-hybridized carbons (Fsp3) is 0.462. The number of carbonyl (C=O) groups is 2. The van der Waals surface area contributed by atoms with E-state index in [0.717, 1.165) is 12.1 Å². The van der Waals surface area contributed by atoms with Crippen LogP contribution >= 0.6 is 0 Å². The lowest BCUT2D eigenvalue weighted by Gasteiger charge is -2.24. The van der Waals surface area contributed by atoms with Crippen molar-refractivity contribution in [2.24, 2.45) is 0 Å². The summed E-state index contributed by atoms with van der Waals surface area (Å²) in [6, 6.07) is 11.1. The van der Waals surface area contributed by atoms with E-state index in [1.807, 2.05) is 0 Å². The molecular formula is C26H33F3N2O6. The quantitative estimate of drug-likeness (QED) is 0.288. The van der Waals surface area contributed by atoms with Gasteiger partial charge in [0.1, 0.15) is 12.2 Å². The van der Waals surface area contributed by atoms with E-state index in [4.69, 9.17) is 18.9 Å². The zero-order valence-electron chi connectivity index (χ0n) is 21.4. The molecule has 1 amide bonds. The summed E-state index contributed by atoms with van der Waals surface area (Å²) < 4.78 is 60.2. The van der Waals surface area contributed by atoms with Crippen LogP contribution in [-0.2, 0) is 25.1 Å². The average molecular weight is 527 g/mol. The lowest BCUT2D eigenvalue weighted by atomic mass is 10.1. The van der Waals surface area contributed by atoms with Gasteiger partial charge in [0.05, 0.1) is 43.2 Å². The van der Waals surface area contributed by atoms with Gasteiger partial charge in [0.25, 0.3) is 0 Å². The molecule has 0 saturated carbocycles. The van der Waals surface area contributed by atoms with Crippen molar-refractivity contribution in [3.63, 3.8) is 0 Å². The molecule has 0 spiro atoms. The number of nitrogens with one attached hydrogen (secondary N) is 1. The number of rotatable bonds is 12. The van der Waals surface area contributed by atoms with E-state index < -0.39 is 29.4 Å². The van der Waals surface area contributed by atoms with E-state index in [1.165, 1.54) is 23.1 Å². The maximum atomic E-state index is 13.0. The zero-order chi connectivity index (χ0) is 27.5. The molecule has 0 aliphatic rings. The van der Waals surface area contributed by atoms with Crippen molar-refractivity contribution in [3.8, 4) is 0 Å². The highest BCUT2D eigenvalue weighted by atomic mass is 19.4. The first-order valence-electron chi connectivity index (χ1n) is 11.7. The number of esters is 1. The standard InChI is InChI=1S/C26H33F3N2O6/c1-25(2,3)37-24(33)31(4)12-13-34-14-15-35-16-17-36-23(32)21-10-5-6-11-22(21)30-20-9-7-8-19(18-20)26(27,28)29/h5-11,18,30H,12-17H2,1-4H3. The van der Waals surface area contributed by atoms with Crippen LogP contribution in [0.25, 0.3) is 0 Å². The summed E-state index contributed by atoms with van der Waals surface area (Å²) >= 11 is 0. The lowest BCUT2D eigenvalue weighted by molar-refractivity contribution is -0.137. The van der Waals surface area contributed by atoms with Crippen molar-refractivity contribution >= 4 is 23.4 Å². The summed E-state index contributed by atoms with van der Waals surface area (Å²) in [5, 5.41) is 2.84. The smallest absolute Gasteiger partial charge is 0.416 e. The van der Waals surface area contributed by atoms with Crippen molar-refractivity contribution in [2.45, 2.75) is 32.5 Å². The molecule has 0 aliphatic carbocycles. The summed E-state index contributed by atoms with van der Waals surface area (Å²) in [7, 11) is 1.62. The Labute approximate surface area is 214 Å². The summed E-state index contributed by atoms with van der Waals surface area (Å²) in [6.45, 7) is 6.72. The molecule has 2 rings (SSSR count). The van der Waals surface area contributed by atoms with Gasteiger partial charge in [-0.3, -0.25) is 0 Å². The van der Waals surface area contributed by atoms with Gasteiger partial charge in [-0.15, -0.1) is 0 Å². The third kappa shape index (κ3) is 11.1. The molecule has 0 saturated heterocycles. The maximum Gasteiger partial charge on any atom is 0.416 e. The van der Waals surface area contributed by atoms with Crippen LogP contribution in [0, 0.1) is 0 Å². The fourth-order valence-corrected chi connectivity index (χ4v) is 2.92. The van der Waals surface area contributed by atoms with E-state index in [-0.39, 0.29) is 31.1 Å². The van der Waals surface area contributed by atoms with Crippen molar-refractivity contribution < 1.29 is 41.7 Å². The molecule has 0 fully saturated rings. The van der Waals surface area contributed by atoms with E-state index >= 15 is 0 Å². The Morgan fingerprint density at radius 3 is 2.22 bits per heavy atom. The van der Waals surface area contributed by atoms with Crippen LogP contribution < -0.4 is 5.32 Å². The average Bonchev–Trinajstić information content (AvgIpc) is 2.81. The number of benzene rings is 2. The van der Waals surface area contributed by atoms with Crippen molar-refractivity contribution in [1.29, 1.82) is 0 Å². The van der Waals surface area contributed by atoms with Crippen molar-refractivity contribution in [3.05, 3.63) is 59.7 Å². The molecule has 0 atom stereocenters. The Kier molecular flexibility index (Phi) is 11.2. The third-order valence-electron chi connectivity index (χ3n) is 4.72. The van der Waals surface area contributed by atoms with Crippen molar-refractivity contribution in [2.75, 3.05) is 51.9 Å². The molecule has 0 heterocycles. The first-order valence-corrected chi connectivity index (χ1v) is 11.7. The highest BCUT2D eigenvalue weighted by molar-refractivity contribution is 5.96. The van der Waals surface area contributed by atoms with Gasteiger partial charge in [0.2, 0.25) is 0 Å². The Hall–Kier alpha value is -3.31. The first-order chi connectivity index (χ1) is 17.4. The largest absolute Gasteiger partial charge is 0.460 e. The van der Waals surface area contributed by atoms with Gasteiger partial charge in [0.15, 0.2) is 0 Å². The highest BCUT2D eigenvalue weighted by Crippen LogP contribution is 2.32. The van der Waals surface area contributed by atoms with Gasteiger partial charge < -0.3 is 29.2 Å². The second-order valence-corrected chi connectivity index (χ2v) is 9.01. The number of hydrogen-bond donors (Lipinski definition) is 1. The predicted molar refractivity (Wildman–Crippen MR) is 132 cm³/mol. The van der Waals surface area contributed by atoms with Gasteiger partial charge >= 0.3 is 18.2 Å². The van der Waals surface area contributed by atoms with E-state index in [1.54, 1.807) is 46.0 Å². The molecule has 0 aliphatic heterocycles. The van der Waals surface area contributed by atoms with E-state index in [2.05, 4.69) is 5.32 Å². The SMILES string of the molecule is CN(CCOCCOCCOC(=O)c1ccccc1Nc1cccc(C(F)(F)F)c1)C(=O)OC(C)(C)C. The summed E-state index contributed by atoms with van der Waals surface area (Å²) in [5.41, 5.74) is -0.677. The van der Waals surface area contributed by atoms with Crippen LogP contribution in [-0.4, -0.2) is 69.2 Å². The summed E-state index contributed by atoms with van der Waals surface area (Å²) in [4.78, 5) is 25.8. The number of carbonyl (C=O) groups excluding carboxylic acids is 2. The van der Waals surface area contributed by atoms with E-state index in [9.17, 15) is 22.8 Å². The molecule has 1 N–H and O–H groups in total. The molecule has 0 aromatic heterocycles. The Balaban J connectivity index is 1.69. The number of alkyl halides is 3. The number of halogens is 3. The van der Waals surface area contributed by atoms with E-state index in [0.29, 0.717) is 25.4 Å². The number of hydrogen-bond acceptors (Lipinski definition) is 7. The Morgan fingerprint density at radius 1 is 0.892 bits per heavy atom. The summed E-state index contributed by atoms with van der Waals surface area (Å²) in [6.07, 6.45) is -4.90. The molecule has 204 valence electrons. The van der Waals surface area contributed by atoms with Crippen LogP contribution in [0.4, 0.5) is 29.3 Å². The molecule has 11 heteroatoms. The maximum absolute atomic E-state index is 13.0. The first kappa shape index (κ1) is 29.9. The van der Waals surface area contributed by atoms with Crippen LogP contribution in [0.2, 0.25) is 0 Å². The fourth-order valence-electron chi connectivity index (χ4n) is 2.92. The van der Waals surface area contributed by atoms with Crippen LogP contribution in [0.3, 0.4) is 0 Å². The minimum atomic E-state index is -4.47. The van der Waals surface area contributed by atoms with Gasteiger partial charge in [-0.1, -0.05) is 18.2 Å². The van der Waals surface area contributed by atoms with Gasteiger partial charge in [-0.05, 0) is 51.1 Å². The van der Waals surface area contributed by atoms with Gasteiger partial charge in [0, 0.05) is 19.3 Å². The monoisotopic (exact) mass is 526 g/mol. The van der Waals surface area contributed by atoms with Gasteiger partial charge in [-0.2, -0.15) is 13.2 Å². The zero-order valence-corrected chi connectivity index (χ0v) is 21.4.